The van der Waals surface area contributed by atoms with Crippen LogP contribution in [0.5, 0.6) is 0 Å². The molecule has 1 aromatic rings. The third-order valence-electron chi connectivity index (χ3n) is 2.56. The highest BCUT2D eigenvalue weighted by molar-refractivity contribution is 9.10. The van der Waals surface area contributed by atoms with Crippen molar-refractivity contribution in [2.45, 2.75) is 25.3 Å². The normalized spacial score (nSPS) is 11.6. The number of carbonyl (C=O) groups is 2. The molecule has 0 heterocycles. The van der Waals surface area contributed by atoms with E-state index in [4.69, 9.17) is 5.11 Å². The van der Waals surface area contributed by atoms with Crippen molar-refractivity contribution < 1.29 is 14.7 Å². The van der Waals surface area contributed by atoms with Gasteiger partial charge in [0.1, 0.15) is 0 Å². The van der Waals surface area contributed by atoms with Crippen molar-refractivity contribution in [3.05, 3.63) is 47.0 Å². The smallest absolute Gasteiger partial charge is 0.305 e. The number of amides is 1. The molecule has 0 aromatic heterocycles. The van der Waals surface area contributed by atoms with Crippen LogP contribution >= 0.6 is 15.9 Å². The van der Waals surface area contributed by atoms with Gasteiger partial charge >= 0.3 is 5.97 Å². The first-order valence-electron chi connectivity index (χ1n) is 5.90. The molecule has 1 atom stereocenters. The zero-order valence-electron chi connectivity index (χ0n) is 10.4. The van der Waals surface area contributed by atoms with Crippen LogP contribution in [0, 0.1) is 0 Å². The van der Waals surface area contributed by atoms with Gasteiger partial charge in [0.15, 0.2) is 0 Å². The Bertz CT molecular complexity index is 456. The number of allylic oxidation sites excluding steroid dienone is 1. The minimum Gasteiger partial charge on any atom is -0.481 e. The van der Waals surface area contributed by atoms with Crippen LogP contribution in [0.1, 0.15) is 30.9 Å². The molecule has 2 N–H and O–H groups in total. The molecule has 5 heteroatoms. The highest BCUT2D eigenvalue weighted by Gasteiger charge is 2.17. The summed E-state index contributed by atoms with van der Waals surface area (Å²) in [6.45, 7) is 3.55. The molecule has 0 saturated heterocycles. The molecule has 0 aliphatic heterocycles. The second-order valence-electron chi connectivity index (χ2n) is 4.10. The maximum Gasteiger partial charge on any atom is 0.305 e. The summed E-state index contributed by atoms with van der Waals surface area (Å²) in [6.07, 6.45) is 2.41. The lowest BCUT2D eigenvalue weighted by molar-refractivity contribution is -0.137. The van der Waals surface area contributed by atoms with Crippen molar-refractivity contribution in [3.63, 3.8) is 0 Å². The van der Waals surface area contributed by atoms with E-state index in [1.54, 1.807) is 18.2 Å². The second kappa shape index (κ2) is 7.74. The third-order valence-corrected chi connectivity index (χ3v) is 3.09. The molecule has 0 saturated carbocycles. The molecule has 4 nitrogen and oxygen atoms in total. The van der Waals surface area contributed by atoms with E-state index in [2.05, 4.69) is 27.8 Å². The maximum atomic E-state index is 11.7. The van der Waals surface area contributed by atoms with Gasteiger partial charge in [-0.25, -0.2) is 0 Å². The number of hydrogen-bond acceptors (Lipinski definition) is 2. The van der Waals surface area contributed by atoms with Crippen molar-refractivity contribution >= 4 is 27.8 Å². The summed E-state index contributed by atoms with van der Waals surface area (Å²) in [7, 11) is 0. The molecule has 1 unspecified atom stereocenters. The Morgan fingerprint density at radius 2 is 2.00 bits per heavy atom. The van der Waals surface area contributed by atoms with E-state index >= 15 is 0 Å². The van der Waals surface area contributed by atoms with Gasteiger partial charge in [0.05, 0.1) is 12.5 Å². The summed E-state index contributed by atoms with van der Waals surface area (Å²) in [6, 6.07) is 6.72. The van der Waals surface area contributed by atoms with Crippen molar-refractivity contribution in [1.82, 2.24) is 5.32 Å². The molecular formula is C14H16BrNO3. The highest BCUT2D eigenvalue weighted by atomic mass is 79.9. The fourth-order valence-corrected chi connectivity index (χ4v) is 1.89. The fourth-order valence-electron chi connectivity index (χ4n) is 1.62. The molecule has 0 bridgehead atoms. The first-order chi connectivity index (χ1) is 9.02. The van der Waals surface area contributed by atoms with Crippen LogP contribution in [0.15, 0.2) is 41.4 Å². The van der Waals surface area contributed by atoms with Crippen LogP contribution in [0.25, 0.3) is 0 Å². The Balaban J connectivity index is 2.76. The first kappa shape index (κ1) is 15.4. The zero-order valence-corrected chi connectivity index (χ0v) is 12.0. The van der Waals surface area contributed by atoms with E-state index in [1.807, 2.05) is 12.1 Å². The van der Waals surface area contributed by atoms with Crippen molar-refractivity contribution in [3.8, 4) is 0 Å². The molecule has 1 amide bonds. The predicted octanol–water partition coefficient (Wildman–Crippen LogP) is 3.05. The SMILES string of the molecule is C=CCCC(=O)NC(CC(=O)O)c1ccc(Br)cc1. The van der Waals surface area contributed by atoms with Gasteiger partial charge in [0.25, 0.3) is 0 Å². The van der Waals surface area contributed by atoms with E-state index in [1.165, 1.54) is 0 Å². The molecule has 1 aromatic carbocycles. The summed E-state index contributed by atoms with van der Waals surface area (Å²) >= 11 is 3.32. The van der Waals surface area contributed by atoms with Crippen LogP contribution in [0.2, 0.25) is 0 Å². The van der Waals surface area contributed by atoms with Crippen LogP contribution in [0.3, 0.4) is 0 Å². The number of rotatable bonds is 7. The van der Waals surface area contributed by atoms with Crippen molar-refractivity contribution in [1.29, 1.82) is 0 Å². The van der Waals surface area contributed by atoms with Crippen LogP contribution < -0.4 is 5.32 Å². The summed E-state index contributed by atoms with van der Waals surface area (Å²) < 4.78 is 0.906. The van der Waals surface area contributed by atoms with Crippen LogP contribution in [0.4, 0.5) is 0 Å². The molecule has 0 fully saturated rings. The van der Waals surface area contributed by atoms with Crippen molar-refractivity contribution in [2.24, 2.45) is 0 Å². The van der Waals surface area contributed by atoms with E-state index in [0.717, 1.165) is 10.0 Å². The van der Waals surface area contributed by atoms with Gasteiger partial charge in [-0.3, -0.25) is 9.59 Å². The van der Waals surface area contributed by atoms with Crippen LogP contribution in [-0.4, -0.2) is 17.0 Å². The number of nitrogens with one attached hydrogen (secondary N) is 1. The minimum atomic E-state index is -0.947. The number of benzene rings is 1. The lowest BCUT2D eigenvalue weighted by Gasteiger charge is -2.17. The summed E-state index contributed by atoms with van der Waals surface area (Å²) in [5.41, 5.74) is 0.776. The summed E-state index contributed by atoms with van der Waals surface area (Å²) in [4.78, 5) is 22.5. The molecule has 0 spiro atoms. The van der Waals surface area contributed by atoms with Gasteiger partial charge in [-0.05, 0) is 24.1 Å². The minimum absolute atomic E-state index is 0.137. The molecule has 0 radical (unpaired) electrons. The topological polar surface area (TPSA) is 66.4 Å². The van der Waals surface area contributed by atoms with Gasteiger partial charge in [-0.1, -0.05) is 34.1 Å². The Hall–Kier alpha value is -1.62. The monoisotopic (exact) mass is 325 g/mol. The second-order valence-corrected chi connectivity index (χ2v) is 5.01. The number of carboxylic acid groups (broad SMARTS) is 1. The lowest BCUT2D eigenvalue weighted by Crippen LogP contribution is -2.29. The highest BCUT2D eigenvalue weighted by Crippen LogP contribution is 2.20. The number of carboxylic acids is 1. The van der Waals surface area contributed by atoms with Gasteiger partial charge in [0.2, 0.25) is 5.91 Å². The Morgan fingerprint density at radius 3 is 2.53 bits per heavy atom. The van der Waals surface area contributed by atoms with E-state index in [9.17, 15) is 9.59 Å². The molecule has 1 rings (SSSR count). The number of halogens is 1. The quantitative estimate of drug-likeness (QED) is 0.757. The van der Waals surface area contributed by atoms with E-state index in [-0.39, 0.29) is 12.3 Å². The Morgan fingerprint density at radius 1 is 1.37 bits per heavy atom. The average Bonchev–Trinajstić information content (AvgIpc) is 2.36. The molecule has 19 heavy (non-hydrogen) atoms. The van der Waals surface area contributed by atoms with Crippen molar-refractivity contribution in [2.75, 3.05) is 0 Å². The standard InChI is InChI=1S/C14H16BrNO3/c1-2-3-4-13(17)16-12(9-14(18)19)10-5-7-11(15)8-6-10/h2,5-8,12H,1,3-4,9H2,(H,16,17)(H,18,19). The largest absolute Gasteiger partial charge is 0.481 e. The average molecular weight is 326 g/mol. The molecule has 0 aliphatic rings. The molecule has 0 aliphatic carbocycles. The van der Waals surface area contributed by atoms with Gasteiger partial charge in [0, 0.05) is 10.9 Å². The fraction of sp³-hybridized carbons (Fsp3) is 0.286. The number of aliphatic carboxylic acids is 1. The summed E-state index contributed by atoms with van der Waals surface area (Å²) in [5.74, 6) is -1.12. The number of hydrogen-bond donors (Lipinski definition) is 2. The molecular weight excluding hydrogens is 310 g/mol. The third kappa shape index (κ3) is 5.70. The number of carbonyl (C=O) groups excluding carboxylic acids is 1. The first-order valence-corrected chi connectivity index (χ1v) is 6.69. The van der Waals surface area contributed by atoms with Gasteiger partial charge in [-0.2, -0.15) is 0 Å². The zero-order chi connectivity index (χ0) is 14.3. The Labute approximate surface area is 120 Å². The van der Waals surface area contributed by atoms with Gasteiger partial charge < -0.3 is 10.4 Å². The van der Waals surface area contributed by atoms with Crippen LogP contribution in [-0.2, 0) is 9.59 Å². The van der Waals surface area contributed by atoms with Gasteiger partial charge in [-0.15, -0.1) is 6.58 Å². The Kier molecular flexibility index (Phi) is 6.29. The predicted molar refractivity (Wildman–Crippen MR) is 76.7 cm³/mol. The van der Waals surface area contributed by atoms with E-state index in [0.29, 0.717) is 12.8 Å². The van der Waals surface area contributed by atoms with E-state index < -0.39 is 12.0 Å². The maximum absolute atomic E-state index is 11.7. The molecule has 102 valence electrons. The summed E-state index contributed by atoms with van der Waals surface area (Å²) in [5, 5.41) is 11.6. The lowest BCUT2D eigenvalue weighted by atomic mass is 10.0.